The van der Waals surface area contributed by atoms with E-state index in [1.54, 1.807) is 13.2 Å². The minimum Gasteiger partial charge on any atom is -0.494 e. The number of carbonyl (C=O) groups excluding carboxylic acids is 1. The normalized spacial score (nSPS) is 9.82. The lowest BCUT2D eigenvalue weighted by molar-refractivity contribution is 0.0597. The SMILES string of the molecule is CCCCNc1cccc(C(=O)OC)c1OC. The molecule has 0 saturated carbocycles. The topological polar surface area (TPSA) is 47.6 Å². The number of para-hydroxylation sites is 1. The molecule has 0 aliphatic rings. The number of hydrogen-bond donors (Lipinski definition) is 1. The number of unbranched alkanes of at least 4 members (excludes halogenated alkanes) is 1. The van der Waals surface area contributed by atoms with Crippen LogP contribution in [0.2, 0.25) is 0 Å². The smallest absolute Gasteiger partial charge is 0.341 e. The van der Waals surface area contributed by atoms with Crippen molar-refractivity contribution in [2.24, 2.45) is 0 Å². The molecular weight excluding hydrogens is 218 g/mol. The molecule has 1 aromatic carbocycles. The fourth-order valence-electron chi connectivity index (χ4n) is 1.57. The molecule has 1 N–H and O–H groups in total. The Balaban J connectivity index is 2.93. The number of hydrogen-bond acceptors (Lipinski definition) is 4. The molecule has 1 aromatic rings. The Kier molecular flexibility index (Phi) is 5.33. The summed E-state index contributed by atoms with van der Waals surface area (Å²) in [7, 11) is 2.91. The molecule has 0 unspecified atom stereocenters. The van der Waals surface area contributed by atoms with E-state index >= 15 is 0 Å². The quantitative estimate of drug-likeness (QED) is 0.610. The second-order valence-electron chi connectivity index (χ2n) is 3.66. The highest BCUT2D eigenvalue weighted by atomic mass is 16.5. The Morgan fingerprint density at radius 2 is 2.12 bits per heavy atom. The highest BCUT2D eigenvalue weighted by Crippen LogP contribution is 2.29. The Labute approximate surface area is 102 Å². The molecule has 0 aliphatic heterocycles. The molecule has 0 amide bonds. The predicted molar refractivity (Wildman–Crippen MR) is 67.7 cm³/mol. The molecule has 4 heteroatoms. The number of benzene rings is 1. The third-order valence-corrected chi connectivity index (χ3v) is 2.47. The van der Waals surface area contributed by atoms with Crippen molar-refractivity contribution in [2.75, 3.05) is 26.1 Å². The summed E-state index contributed by atoms with van der Waals surface area (Å²) in [6.07, 6.45) is 2.19. The molecule has 0 saturated heterocycles. The van der Waals surface area contributed by atoms with Gasteiger partial charge in [0.05, 0.1) is 19.9 Å². The highest BCUT2D eigenvalue weighted by molar-refractivity contribution is 5.94. The third-order valence-electron chi connectivity index (χ3n) is 2.47. The summed E-state index contributed by atoms with van der Waals surface area (Å²) < 4.78 is 9.98. The number of rotatable bonds is 6. The fourth-order valence-corrected chi connectivity index (χ4v) is 1.57. The van der Waals surface area contributed by atoms with Gasteiger partial charge in [0.1, 0.15) is 5.56 Å². The van der Waals surface area contributed by atoms with Gasteiger partial charge in [-0.2, -0.15) is 0 Å². The maximum atomic E-state index is 11.5. The number of nitrogens with one attached hydrogen (secondary N) is 1. The van der Waals surface area contributed by atoms with Crippen LogP contribution in [-0.4, -0.2) is 26.7 Å². The molecule has 0 heterocycles. The lowest BCUT2D eigenvalue weighted by Gasteiger charge is -2.13. The summed E-state index contributed by atoms with van der Waals surface area (Å²) in [5.74, 6) is 0.149. The van der Waals surface area contributed by atoms with Crippen molar-refractivity contribution in [3.63, 3.8) is 0 Å². The van der Waals surface area contributed by atoms with Crippen molar-refractivity contribution in [2.45, 2.75) is 19.8 Å². The minimum atomic E-state index is -0.388. The van der Waals surface area contributed by atoms with Gasteiger partial charge in [-0.25, -0.2) is 4.79 Å². The van der Waals surface area contributed by atoms with Crippen molar-refractivity contribution in [3.05, 3.63) is 23.8 Å². The molecule has 0 radical (unpaired) electrons. The van der Waals surface area contributed by atoms with E-state index in [-0.39, 0.29) is 5.97 Å². The zero-order valence-corrected chi connectivity index (χ0v) is 10.6. The van der Waals surface area contributed by atoms with Crippen molar-refractivity contribution < 1.29 is 14.3 Å². The molecule has 0 bridgehead atoms. The van der Waals surface area contributed by atoms with E-state index in [9.17, 15) is 4.79 Å². The van der Waals surface area contributed by atoms with Gasteiger partial charge in [0.15, 0.2) is 5.75 Å². The van der Waals surface area contributed by atoms with Crippen LogP contribution in [0.3, 0.4) is 0 Å². The van der Waals surface area contributed by atoms with Crippen molar-refractivity contribution in [3.8, 4) is 5.75 Å². The first-order valence-electron chi connectivity index (χ1n) is 5.73. The van der Waals surface area contributed by atoms with Crippen LogP contribution in [0.1, 0.15) is 30.1 Å². The maximum absolute atomic E-state index is 11.5. The number of ether oxygens (including phenoxy) is 2. The molecule has 0 spiro atoms. The Hall–Kier alpha value is -1.71. The average molecular weight is 237 g/mol. The molecule has 0 aromatic heterocycles. The van der Waals surface area contributed by atoms with Gasteiger partial charge < -0.3 is 14.8 Å². The van der Waals surface area contributed by atoms with Crippen LogP contribution in [0.4, 0.5) is 5.69 Å². The van der Waals surface area contributed by atoms with E-state index in [4.69, 9.17) is 9.47 Å². The van der Waals surface area contributed by atoms with E-state index in [1.165, 1.54) is 7.11 Å². The monoisotopic (exact) mass is 237 g/mol. The van der Waals surface area contributed by atoms with Crippen LogP contribution in [0, 0.1) is 0 Å². The van der Waals surface area contributed by atoms with E-state index in [2.05, 4.69) is 12.2 Å². The second kappa shape index (κ2) is 6.78. The van der Waals surface area contributed by atoms with Gasteiger partial charge in [-0.1, -0.05) is 19.4 Å². The standard InChI is InChI=1S/C13H19NO3/c1-4-5-9-14-11-8-6-7-10(12(11)16-2)13(15)17-3/h6-8,14H,4-5,9H2,1-3H3. The van der Waals surface area contributed by atoms with Gasteiger partial charge in [0.25, 0.3) is 0 Å². The zero-order chi connectivity index (χ0) is 12.7. The summed E-state index contributed by atoms with van der Waals surface area (Å²) >= 11 is 0. The first-order chi connectivity index (χ1) is 8.24. The molecule has 4 nitrogen and oxygen atoms in total. The van der Waals surface area contributed by atoms with E-state index in [0.717, 1.165) is 25.1 Å². The molecule has 0 fully saturated rings. The average Bonchev–Trinajstić information content (AvgIpc) is 2.37. The largest absolute Gasteiger partial charge is 0.494 e. The number of methoxy groups -OCH3 is 2. The van der Waals surface area contributed by atoms with Crippen LogP contribution in [0.25, 0.3) is 0 Å². The summed E-state index contributed by atoms with van der Waals surface area (Å²) in [4.78, 5) is 11.5. The Bertz CT molecular complexity index is 377. The Morgan fingerprint density at radius 3 is 2.71 bits per heavy atom. The van der Waals surface area contributed by atoms with Crippen molar-refractivity contribution in [1.29, 1.82) is 0 Å². The predicted octanol–water partition coefficient (Wildman–Crippen LogP) is 2.69. The van der Waals surface area contributed by atoms with E-state index in [1.807, 2.05) is 12.1 Å². The molecule has 0 atom stereocenters. The molecular formula is C13H19NO3. The van der Waals surface area contributed by atoms with Crippen molar-refractivity contribution in [1.82, 2.24) is 0 Å². The van der Waals surface area contributed by atoms with Gasteiger partial charge in [0, 0.05) is 6.54 Å². The van der Waals surface area contributed by atoms with E-state index < -0.39 is 0 Å². The van der Waals surface area contributed by atoms with Crippen LogP contribution < -0.4 is 10.1 Å². The molecule has 1 rings (SSSR count). The highest BCUT2D eigenvalue weighted by Gasteiger charge is 2.15. The van der Waals surface area contributed by atoms with Gasteiger partial charge >= 0.3 is 5.97 Å². The molecule has 94 valence electrons. The molecule has 0 aliphatic carbocycles. The van der Waals surface area contributed by atoms with Crippen LogP contribution in [0.15, 0.2) is 18.2 Å². The second-order valence-corrected chi connectivity index (χ2v) is 3.66. The third kappa shape index (κ3) is 3.37. The van der Waals surface area contributed by atoms with Crippen molar-refractivity contribution >= 4 is 11.7 Å². The first-order valence-corrected chi connectivity index (χ1v) is 5.73. The van der Waals surface area contributed by atoms with Gasteiger partial charge in [-0.3, -0.25) is 0 Å². The number of anilines is 1. The molecule has 17 heavy (non-hydrogen) atoms. The van der Waals surface area contributed by atoms with E-state index in [0.29, 0.717) is 11.3 Å². The van der Waals surface area contributed by atoms with Crippen LogP contribution in [-0.2, 0) is 4.74 Å². The summed E-state index contributed by atoms with van der Waals surface area (Å²) in [6.45, 7) is 2.99. The lowest BCUT2D eigenvalue weighted by Crippen LogP contribution is -2.08. The van der Waals surface area contributed by atoms with Gasteiger partial charge in [-0.05, 0) is 18.6 Å². The summed E-state index contributed by atoms with van der Waals surface area (Å²) in [6, 6.07) is 5.39. The van der Waals surface area contributed by atoms with Crippen LogP contribution in [0.5, 0.6) is 5.75 Å². The van der Waals surface area contributed by atoms with Gasteiger partial charge in [0.2, 0.25) is 0 Å². The number of esters is 1. The minimum absolute atomic E-state index is 0.388. The van der Waals surface area contributed by atoms with Crippen LogP contribution >= 0.6 is 0 Å². The summed E-state index contributed by atoms with van der Waals surface area (Å²) in [5.41, 5.74) is 1.26. The maximum Gasteiger partial charge on any atom is 0.341 e. The van der Waals surface area contributed by atoms with Gasteiger partial charge in [-0.15, -0.1) is 0 Å². The zero-order valence-electron chi connectivity index (χ0n) is 10.6. The Morgan fingerprint density at radius 1 is 1.35 bits per heavy atom. The number of carbonyl (C=O) groups is 1. The lowest BCUT2D eigenvalue weighted by atomic mass is 10.1. The summed E-state index contributed by atoms with van der Waals surface area (Å²) in [5, 5.41) is 3.25. The fraction of sp³-hybridized carbons (Fsp3) is 0.462. The first kappa shape index (κ1) is 13.4.